The molecular formula is C17H20N2OS. The van der Waals surface area contributed by atoms with Gasteiger partial charge in [0.05, 0.1) is 5.01 Å². The van der Waals surface area contributed by atoms with Gasteiger partial charge in [-0.1, -0.05) is 31.2 Å². The molecule has 0 bridgehead atoms. The first-order valence-corrected chi connectivity index (χ1v) is 8.36. The first-order valence-electron chi connectivity index (χ1n) is 7.48. The number of hydrogen-bond acceptors (Lipinski definition) is 3. The summed E-state index contributed by atoms with van der Waals surface area (Å²) < 4.78 is 0. The molecule has 2 aromatic rings. The quantitative estimate of drug-likeness (QED) is 0.841. The largest absolute Gasteiger partial charge is 0.330 e. The number of benzene rings is 1. The van der Waals surface area contributed by atoms with Gasteiger partial charge in [0.15, 0.2) is 0 Å². The fourth-order valence-electron chi connectivity index (χ4n) is 2.44. The van der Waals surface area contributed by atoms with Crippen molar-refractivity contribution in [2.24, 2.45) is 0 Å². The van der Waals surface area contributed by atoms with Gasteiger partial charge in [0.1, 0.15) is 5.69 Å². The van der Waals surface area contributed by atoms with Crippen LogP contribution in [0.4, 0.5) is 0 Å². The first kappa shape index (κ1) is 14.3. The van der Waals surface area contributed by atoms with E-state index in [1.165, 1.54) is 22.5 Å². The van der Waals surface area contributed by atoms with Crippen LogP contribution >= 0.6 is 11.3 Å². The number of aryl methyl sites for hydroxylation is 2. The van der Waals surface area contributed by atoms with Gasteiger partial charge >= 0.3 is 0 Å². The molecule has 0 saturated heterocycles. The number of rotatable bonds is 5. The van der Waals surface area contributed by atoms with Crippen LogP contribution in [-0.2, 0) is 13.0 Å². The van der Waals surface area contributed by atoms with Crippen LogP contribution in [0.5, 0.6) is 0 Å². The summed E-state index contributed by atoms with van der Waals surface area (Å²) in [7, 11) is 0. The smallest absolute Gasteiger partial charge is 0.273 e. The second kappa shape index (κ2) is 5.98. The van der Waals surface area contributed by atoms with Crippen molar-refractivity contribution < 1.29 is 4.79 Å². The van der Waals surface area contributed by atoms with E-state index in [1.807, 2.05) is 17.2 Å². The van der Waals surface area contributed by atoms with E-state index in [-0.39, 0.29) is 5.91 Å². The third-order valence-corrected chi connectivity index (χ3v) is 4.64. The average molecular weight is 300 g/mol. The molecule has 0 atom stereocenters. The van der Waals surface area contributed by atoms with E-state index >= 15 is 0 Å². The number of aromatic nitrogens is 1. The Morgan fingerprint density at radius 1 is 1.29 bits per heavy atom. The molecule has 110 valence electrons. The second-order valence-corrected chi connectivity index (χ2v) is 6.65. The number of hydrogen-bond donors (Lipinski definition) is 0. The lowest BCUT2D eigenvalue weighted by Gasteiger charge is -2.21. The Morgan fingerprint density at radius 2 is 1.95 bits per heavy atom. The third kappa shape index (κ3) is 3.32. The molecule has 0 N–H and O–H groups in total. The lowest BCUT2D eigenvalue weighted by molar-refractivity contribution is 0.0724. The Kier molecular flexibility index (Phi) is 4.06. The minimum absolute atomic E-state index is 0.0708. The maximum absolute atomic E-state index is 12.6. The Bertz CT molecular complexity index is 628. The summed E-state index contributed by atoms with van der Waals surface area (Å²) in [6, 6.07) is 8.96. The maximum atomic E-state index is 12.6. The van der Waals surface area contributed by atoms with Crippen LogP contribution in [0.1, 0.15) is 46.4 Å². The molecule has 0 spiro atoms. The maximum Gasteiger partial charge on any atom is 0.273 e. The molecule has 1 saturated carbocycles. The van der Waals surface area contributed by atoms with E-state index in [1.54, 1.807) is 0 Å². The van der Waals surface area contributed by atoms with E-state index in [0.29, 0.717) is 18.3 Å². The van der Waals surface area contributed by atoms with E-state index in [2.05, 4.69) is 36.2 Å². The molecule has 0 aliphatic heterocycles. The normalized spacial score (nSPS) is 14.2. The summed E-state index contributed by atoms with van der Waals surface area (Å²) in [5.41, 5.74) is 3.12. The molecule has 1 heterocycles. The van der Waals surface area contributed by atoms with Crippen LogP contribution in [0.2, 0.25) is 0 Å². The van der Waals surface area contributed by atoms with Crippen molar-refractivity contribution in [2.45, 2.75) is 45.7 Å². The molecule has 0 unspecified atom stereocenters. The van der Waals surface area contributed by atoms with Crippen molar-refractivity contribution >= 4 is 17.2 Å². The monoisotopic (exact) mass is 300 g/mol. The Morgan fingerprint density at radius 3 is 2.48 bits per heavy atom. The van der Waals surface area contributed by atoms with Gasteiger partial charge < -0.3 is 4.90 Å². The highest BCUT2D eigenvalue weighted by molar-refractivity contribution is 7.09. The van der Waals surface area contributed by atoms with Crippen LogP contribution in [0.25, 0.3) is 0 Å². The molecule has 1 aliphatic carbocycles. The highest BCUT2D eigenvalue weighted by Crippen LogP contribution is 2.30. The average Bonchev–Trinajstić information content (AvgIpc) is 3.26. The second-order valence-electron chi connectivity index (χ2n) is 5.59. The summed E-state index contributed by atoms with van der Waals surface area (Å²) in [5.74, 6) is 0.0708. The summed E-state index contributed by atoms with van der Waals surface area (Å²) in [4.78, 5) is 19.0. The molecule has 3 nitrogen and oxygen atoms in total. The van der Waals surface area contributed by atoms with Crippen molar-refractivity contribution in [2.75, 3.05) is 0 Å². The number of amides is 1. The van der Waals surface area contributed by atoms with Crippen molar-refractivity contribution in [3.05, 3.63) is 51.5 Å². The number of carbonyl (C=O) groups is 1. The van der Waals surface area contributed by atoms with Gasteiger partial charge in [0.25, 0.3) is 5.91 Å². The fraction of sp³-hybridized carbons (Fsp3) is 0.412. The van der Waals surface area contributed by atoms with Crippen LogP contribution in [0.3, 0.4) is 0 Å². The van der Waals surface area contributed by atoms with Crippen LogP contribution in [-0.4, -0.2) is 21.8 Å². The molecule has 1 fully saturated rings. The van der Waals surface area contributed by atoms with Gasteiger partial charge in [-0.15, -0.1) is 11.3 Å². The number of thiazole rings is 1. The van der Waals surface area contributed by atoms with Crippen LogP contribution < -0.4 is 0 Å². The molecule has 3 rings (SSSR count). The summed E-state index contributed by atoms with van der Waals surface area (Å²) in [6.45, 7) is 4.77. The molecular weight excluding hydrogens is 280 g/mol. The molecule has 21 heavy (non-hydrogen) atoms. The summed E-state index contributed by atoms with van der Waals surface area (Å²) >= 11 is 1.53. The first-order chi connectivity index (χ1) is 10.2. The highest BCUT2D eigenvalue weighted by atomic mass is 32.1. The summed E-state index contributed by atoms with van der Waals surface area (Å²) in [5, 5.41) is 2.81. The van der Waals surface area contributed by atoms with Gasteiger partial charge in [0, 0.05) is 18.0 Å². The van der Waals surface area contributed by atoms with Crippen molar-refractivity contribution in [3.8, 4) is 0 Å². The fourth-order valence-corrected chi connectivity index (χ4v) is 3.03. The molecule has 1 amide bonds. The van der Waals surface area contributed by atoms with Crippen molar-refractivity contribution in [1.29, 1.82) is 0 Å². The zero-order valence-corrected chi connectivity index (χ0v) is 13.3. The Balaban J connectivity index is 1.76. The SMILES string of the molecule is CCc1ccc(CN(C(=O)c2csc(C)n2)C2CC2)cc1. The summed E-state index contributed by atoms with van der Waals surface area (Å²) in [6.07, 6.45) is 3.27. The van der Waals surface area contributed by atoms with Crippen LogP contribution in [0.15, 0.2) is 29.6 Å². The van der Waals surface area contributed by atoms with Gasteiger partial charge in [-0.2, -0.15) is 0 Å². The topological polar surface area (TPSA) is 33.2 Å². The lowest BCUT2D eigenvalue weighted by atomic mass is 10.1. The van der Waals surface area contributed by atoms with Gasteiger partial charge in [0.2, 0.25) is 0 Å². The van der Waals surface area contributed by atoms with Gasteiger partial charge in [-0.05, 0) is 37.3 Å². The third-order valence-electron chi connectivity index (χ3n) is 3.87. The zero-order chi connectivity index (χ0) is 14.8. The van der Waals surface area contributed by atoms with Gasteiger partial charge in [-0.25, -0.2) is 4.98 Å². The highest BCUT2D eigenvalue weighted by Gasteiger charge is 2.33. The number of nitrogens with zero attached hydrogens (tertiary/aromatic N) is 2. The van der Waals surface area contributed by atoms with Crippen LogP contribution in [0, 0.1) is 6.92 Å². The molecule has 1 aromatic heterocycles. The zero-order valence-electron chi connectivity index (χ0n) is 12.5. The molecule has 1 aromatic carbocycles. The predicted molar refractivity (Wildman–Crippen MR) is 85.6 cm³/mol. The van der Waals surface area contributed by atoms with E-state index in [4.69, 9.17) is 0 Å². The number of carbonyl (C=O) groups excluding carboxylic acids is 1. The standard InChI is InChI=1S/C17H20N2OS/c1-3-13-4-6-14(7-5-13)10-19(15-8-9-15)17(20)16-11-21-12(2)18-16/h4-7,11,15H,3,8-10H2,1-2H3. The predicted octanol–water partition coefficient (Wildman–Crippen LogP) is 3.82. The Labute approximate surface area is 129 Å². The minimum atomic E-state index is 0.0708. The minimum Gasteiger partial charge on any atom is -0.330 e. The lowest BCUT2D eigenvalue weighted by Crippen LogP contribution is -2.32. The molecule has 4 heteroatoms. The van der Waals surface area contributed by atoms with E-state index in [0.717, 1.165) is 24.3 Å². The van der Waals surface area contributed by atoms with Gasteiger partial charge in [-0.3, -0.25) is 4.79 Å². The molecule has 1 aliphatic rings. The van der Waals surface area contributed by atoms with E-state index in [9.17, 15) is 4.79 Å². The van der Waals surface area contributed by atoms with Crippen molar-refractivity contribution in [3.63, 3.8) is 0 Å². The Hall–Kier alpha value is -1.68. The molecule has 0 radical (unpaired) electrons. The van der Waals surface area contributed by atoms with Crippen molar-refractivity contribution in [1.82, 2.24) is 9.88 Å². The van der Waals surface area contributed by atoms with E-state index < -0.39 is 0 Å².